The number of hydrogen-bond donors (Lipinski definition) is 1. The summed E-state index contributed by atoms with van der Waals surface area (Å²) < 4.78 is 11.7. The van der Waals surface area contributed by atoms with Crippen molar-refractivity contribution < 1.29 is 9.26 Å². The molecule has 1 N–H and O–H groups in total. The van der Waals surface area contributed by atoms with Gasteiger partial charge in [-0.2, -0.15) is 0 Å². The average molecular weight is 288 g/mol. The molecule has 3 rings (SSSR count). The Morgan fingerprint density at radius 2 is 2.20 bits per heavy atom. The number of benzene rings is 1. The predicted octanol–water partition coefficient (Wildman–Crippen LogP) is 3.29. The van der Waals surface area contributed by atoms with Crippen molar-refractivity contribution in [2.24, 2.45) is 0 Å². The number of rotatable bonds is 6. The second-order valence-corrected chi connectivity index (χ2v) is 5.58. The molecule has 0 radical (unpaired) electrons. The van der Waals surface area contributed by atoms with Crippen molar-refractivity contribution in [2.45, 2.75) is 6.54 Å². The van der Waals surface area contributed by atoms with Crippen LogP contribution in [0.1, 0.15) is 5.69 Å². The van der Waals surface area contributed by atoms with Gasteiger partial charge in [-0.25, -0.2) is 0 Å². The van der Waals surface area contributed by atoms with Crippen molar-refractivity contribution in [3.8, 4) is 10.6 Å². The molecule has 0 aliphatic carbocycles. The molecule has 20 heavy (non-hydrogen) atoms. The Morgan fingerprint density at radius 1 is 1.30 bits per heavy atom. The Labute approximate surface area is 121 Å². The Morgan fingerprint density at radius 3 is 3.05 bits per heavy atom. The number of aromatic nitrogens is 1. The fourth-order valence-electron chi connectivity index (χ4n) is 2.01. The highest BCUT2D eigenvalue weighted by Crippen LogP contribution is 2.33. The highest BCUT2D eigenvalue weighted by atomic mass is 32.1. The lowest BCUT2D eigenvalue weighted by atomic mass is 10.2. The minimum Gasteiger partial charge on any atom is -0.383 e. The zero-order chi connectivity index (χ0) is 13.8. The van der Waals surface area contributed by atoms with Crippen LogP contribution in [0.25, 0.3) is 20.7 Å². The number of hydrogen-bond acceptors (Lipinski definition) is 5. The topological polar surface area (TPSA) is 47.3 Å². The molecule has 0 unspecified atom stereocenters. The molecule has 0 saturated heterocycles. The fourth-order valence-corrected chi connectivity index (χ4v) is 3.02. The van der Waals surface area contributed by atoms with Gasteiger partial charge in [-0.15, -0.1) is 11.3 Å². The standard InChI is InChI=1S/C15H16N2O2S/c1-18-7-6-16-10-12-9-13(19-17-12)15-8-11-4-2-3-5-14(11)20-15/h2-5,8-9,16H,6-7,10H2,1H3. The molecule has 0 saturated carbocycles. The predicted molar refractivity (Wildman–Crippen MR) is 80.9 cm³/mol. The average Bonchev–Trinajstić information content (AvgIpc) is 3.09. The Bertz CT molecular complexity index is 657. The molecule has 1 aromatic carbocycles. The maximum Gasteiger partial charge on any atom is 0.177 e. The van der Waals surface area contributed by atoms with E-state index in [4.69, 9.17) is 9.26 Å². The van der Waals surface area contributed by atoms with E-state index in [1.807, 2.05) is 18.2 Å². The van der Waals surface area contributed by atoms with Crippen molar-refractivity contribution in [3.63, 3.8) is 0 Å². The zero-order valence-corrected chi connectivity index (χ0v) is 12.1. The van der Waals surface area contributed by atoms with E-state index in [2.05, 4.69) is 28.7 Å². The number of fused-ring (bicyclic) bond motifs is 1. The minimum absolute atomic E-state index is 0.692. The summed E-state index contributed by atoms with van der Waals surface area (Å²) in [4.78, 5) is 1.11. The first-order chi connectivity index (χ1) is 9.86. The van der Waals surface area contributed by atoms with Crippen LogP contribution in [0.5, 0.6) is 0 Å². The van der Waals surface area contributed by atoms with Crippen molar-refractivity contribution in [1.29, 1.82) is 0 Å². The molecule has 2 aromatic heterocycles. The Kier molecular flexibility index (Phi) is 4.11. The van der Waals surface area contributed by atoms with Gasteiger partial charge in [-0.05, 0) is 17.5 Å². The van der Waals surface area contributed by atoms with Gasteiger partial charge in [0.25, 0.3) is 0 Å². The third kappa shape index (κ3) is 2.90. The second kappa shape index (κ2) is 6.17. The fraction of sp³-hybridized carbons (Fsp3) is 0.267. The molecule has 2 heterocycles. The molecule has 0 aliphatic rings. The third-order valence-electron chi connectivity index (χ3n) is 3.02. The quantitative estimate of drug-likeness (QED) is 0.707. The van der Waals surface area contributed by atoms with Crippen molar-refractivity contribution in [2.75, 3.05) is 20.3 Å². The Balaban J connectivity index is 1.72. The molecule has 0 spiro atoms. The van der Waals surface area contributed by atoms with E-state index >= 15 is 0 Å². The monoisotopic (exact) mass is 288 g/mol. The molecule has 5 heteroatoms. The normalized spacial score (nSPS) is 11.2. The SMILES string of the molecule is COCCNCc1cc(-c2cc3ccccc3s2)on1. The minimum atomic E-state index is 0.692. The lowest BCUT2D eigenvalue weighted by molar-refractivity contribution is 0.199. The molecular formula is C15H16N2O2S. The van der Waals surface area contributed by atoms with Crippen LogP contribution in [-0.4, -0.2) is 25.4 Å². The molecule has 0 bridgehead atoms. The summed E-state index contributed by atoms with van der Waals surface area (Å²) in [7, 11) is 1.69. The first kappa shape index (κ1) is 13.3. The highest BCUT2D eigenvalue weighted by Gasteiger charge is 2.09. The Hall–Kier alpha value is -1.69. The van der Waals surface area contributed by atoms with Crippen LogP contribution in [0.15, 0.2) is 40.9 Å². The summed E-state index contributed by atoms with van der Waals surface area (Å²) in [5.41, 5.74) is 0.911. The van der Waals surface area contributed by atoms with Crippen LogP contribution >= 0.6 is 11.3 Å². The van der Waals surface area contributed by atoms with Crippen LogP contribution in [0.3, 0.4) is 0 Å². The van der Waals surface area contributed by atoms with Gasteiger partial charge in [0.05, 0.1) is 17.2 Å². The van der Waals surface area contributed by atoms with Gasteiger partial charge in [-0.1, -0.05) is 23.4 Å². The van der Waals surface area contributed by atoms with E-state index in [-0.39, 0.29) is 0 Å². The van der Waals surface area contributed by atoms with Gasteiger partial charge < -0.3 is 14.6 Å². The van der Waals surface area contributed by atoms with Gasteiger partial charge in [0.15, 0.2) is 5.76 Å². The number of methoxy groups -OCH3 is 1. The van der Waals surface area contributed by atoms with Crippen molar-refractivity contribution in [1.82, 2.24) is 10.5 Å². The summed E-state index contributed by atoms with van der Waals surface area (Å²) in [6.45, 7) is 2.19. The van der Waals surface area contributed by atoms with Gasteiger partial charge in [-0.3, -0.25) is 0 Å². The zero-order valence-electron chi connectivity index (χ0n) is 11.3. The summed E-state index contributed by atoms with van der Waals surface area (Å²) in [6.07, 6.45) is 0. The maximum absolute atomic E-state index is 5.43. The van der Waals surface area contributed by atoms with E-state index < -0.39 is 0 Å². The lowest BCUT2D eigenvalue weighted by Gasteiger charge is -1.99. The number of ether oxygens (including phenoxy) is 1. The summed E-state index contributed by atoms with van der Waals surface area (Å²) in [6, 6.07) is 12.5. The molecule has 104 valence electrons. The van der Waals surface area contributed by atoms with Crippen LogP contribution < -0.4 is 5.32 Å². The number of nitrogens with one attached hydrogen (secondary N) is 1. The van der Waals surface area contributed by atoms with Crippen LogP contribution in [0.4, 0.5) is 0 Å². The summed E-state index contributed by atoms with van der Waals surface area (Å²) >= 11 is 1.72. The van der Waals surface area contributed by atoms with E-state index in [9.17, 15) is 0 Å². The highest BCUT2D eigenvalue weighted by molar-refractivity contribution is 7.22. The molecule has 4 nitrogen and oxygen atoms in total. The lowest BCUT2D eigenvalue weighted by Crippen LogP contribution is -2.18. The molecule has 0 atom stereocenters. The maximum atomic E-state index is 5.43. The number of nitrogens with zero attached hydrogens (tertiary/aromatic N) is 1. The first-order valence-electron chi connectivity index (χ1n) is 6.51. The smallest absolute Gasteiger partial charge is 0.177 e. The second-order valence-electron chi connectivity index (χ2n) is 4.50. The van der Waals surface area contributed by atoms with Gasteiger partial charge in [0.1, 0.15) is 0 Å². The first-order valence-corrected chi connectivity index (χ1v) is 7.32. The van der Waals surface area contributed by atoms with Crippen molar-refractivity contribution in [3.05, 3.63) is 42.1 Å². The van der Waals surface area contributed by atoms with Crippen LogP contribution in [0.2, 0.25) is 0 Å². The molecule has 3 aromatic rings. The van der Waals surface area contributed by atoms with Gasteiger partial charge in [0, 0.05) is 31.0 Å². The number of thiophene rings is 1. The van der Waals surface area contributed by atoms with E-state index in [0.29, 0.717) is 13.2 Å². The van der Waals surface area contributed by atoms with Crippen LogP contribution in [-0.2, 0) is 11.3 Å². The summed E-state index contributed by atoms with van der Waals surface area (Å²) in [5.74, 6) is 0.828. The van der Waals surface area contributed by atoms with Crippen molar-refractivity contribution >= 4 is 21.4 Å². The molecule has 0 amide bonds. The van der Waals surface area contributed by atoms with E-state index in [0.717, 1.165) is 22.9 Å². The molecule has 0 fully saturated rings. The molecular weight excluding hydrogens is 272 g/mol. The summed E-state index contributed by atoms with van der Waals surface area (Å²) in [5, 5.41) is 8.58. The van der Waals surface area contributed by atoms with E-state index in [1.54, 1.807) is 18.4 Å². The molecule has 0 aliphatic heterocycles. The van der Waals surface area contributed by atoms with E-state index in [1.165, 1.54) is 10.1 Å². The third-order valence-corrected chi connectivity index (χ3v) is 4.15. The van der Waals surface area contributed by atoms with Gasteiger partial charge >= 0.3 is 0 Å². The van der Waals surface area contributed by atoms with Gasteiger partial charge in [0.2, 0.25) is 0 Å². The van der Waals surface area contributed by atoms with Crippen LogP contribution in [0, 0.1) is 0 Å². The largest absolute Gasteiger partial charge is 0.383 e.